The first-order valence-corrected chi connectivity index (χ1v) is 5.44. The molecule has 90 valence electrons. The van der Waals surface area contributed by atoms with E-state index < -0.39 is 0 Å². The van der Waals surface area contributed by atoms with Gasteiger partial charge < -0.3 is 10.8 Å². The average Bonchev–Trinajstić information content (AvgIpc) is 2.23. The molecule has 0 saturated carbocycles. The minimum atomic E-state index is -0.355. The van der Waals surface area contributed by atoms with Crippen LogP contribution in [0.15, 0.2) is 18.2 Å². The summed E-state index contributed by atoms with van der Waals surface area (Å²) >= 11 is 0. The van der Waals surface area contributed by atoms with E-state index in [1.165, 1.54) is 0 Å². The molecule has 0 heterocycles. The van der Waals surface area contributed by atoms with Gasteiger partial charge in [0.1, 0.15) is 0 Å². The molecule has 0 aliphatic carbocycles. The highest BCUT2D eigenvalue weighted by Crippen LogP contribution is 2.17. The Kier molecular flexibility index (Phi) is 4.71. The summed E-state index contributed by atoms with van der Waals surface area (Å²) in [4.78, 5) is 2.00. The third-order valence-corrected chi connectivity index (χ3v) is 2.60. The van der Waals surface area contributed by atoms with Crippen molar-refractivity contribution in [2.45, 2.75) is 26.4 Å². The number of hydrogen-bond donors (Lipinski definition) is 2. The van der Waals surface area contributed by atoms with Crippen LogP contribution >= 0.6 is 0 Å². The van der Waals surface area contributed by atoms with Crippen molar-refractivity contribution in [2.75, 3.05) is 18.9 Å². The number of benzene rings is 1. The van der Waals surface area contributed by atoms with Crippen molar-refractivity contribution >= 4 is 5.69 Å². The van der Waals surface area contributed by atoms with E-state index >= 15 is 0 Å². The molecule has 1 aromatic carbocycles. The second-order valence-electron chi connectivity index (χ2n) is 4.11. The van der Waals surface area contributed by atoms with Gasteiger partial charge in [-0.25, -0.2) is 4.39 Å². The Labute approximate surface area is 95.7 Å². The predicted octanol–water partition coefficient (Wildman–Crippen LogP) is 1.61. The van der Waals surface area contributed by atoms with Gasteiger partial charge in [-0.15, -0.1) is 0 Å². The first-order valence-electron chi connectivity index (χ1n) is 5.44. The number of hydrogen-bond acceptors (Lipinski definition) is 3. The molecule has 0 spiro atoms. The molecule has 1 aromatic rings. The van der Waals surface area contributed by atoms with Crippen LogP contribution in [0.5, 0.6) is 0 Å². The van der Waals surface area contributed by atoms with Crippen molar-refractivity contribution in [1.82, 2.24) is 4.90 Å². The minimum absolute atomic E-state index is 0.0715. The lowest BCUT2D eigenvalue weighted by Crippen LogP contribution is -2.33. The molecule has 0 saturated heterocycles. The number of rotatable bonds is 5. The van der Waals surface area contributed by atoms with Crippen molar-refractivity contribution < 1.29 is 9.50 Å². The third kappa shape index (κ3) is 3.18. The number of aliphatic hydroxyl groups excluding tert-OH is 1. The quantitative estimate of drug-likeness (QED) is 0.750. The molecule has 0 fully saturated rings. The van der Waals surface area contributed by atoms with Gasteiger partial charge in [-0.3, -0.25) is 4.90 Å². The van der Waals surface area contributed by atoms with Crippen LogP contribution in [0.1, 0.15) is 19.4 Å². The molecule has 16 heavy (non-hydrogen) atoms. The van der Waals surface area contributed by atoms with E-state index in [2.05, 4.69) is 0 Å². The number of nitrogen functional groups attached to an aromatic ring is 1. The Morgan fingerprint density at radius 2 is 2.12 bits per heavy atom. The molecule has 0 aliphatic heterocycles. The number of aliphatic hydroxyl groups is 1. The lowest BCUT2D eigenvalue weighted by molar-refractivity contribution is 0.158. The maximum Gasteiger partial charge on any atom is 0.150 e. The molecular formula is C12H19FN2O. The van der Waals surface area contributed by atoms with Crippen molar-refractivity contribution in [1.29, 1.82) is 0 Å². The summed E-state index contributed by atoms with van der Waals surface area (Å²) in [6, 6.07) is 5.27. The van der Waals surface area contributed by atoms with Crippen LogP contribution in [-0.2, 0) is 6.54 Å². The predicted molar refractivity (Wildman–Crippen MR) is 63.4 cm³/mol. The molecule has 0 aromatic heterocycles. The van der Waals surface area contributed by atoms with Crippen LogP contribution in [0.2, 0.25) is 0 Å². The van der Waals surface area contributed by atoms with E-state index in [4.69, 9.17) is 10.8 Å². The standard InChI is InChI=1S/C12H19FN2O/c1-9(2)15(6-7-16)8-10-4-3-5-11(14)12(10)13/h3-5,9,16H,6-8,14H2,1-2H3. The fraction of sp³-hybridized carbons (Fsp3) is 0.500. The zero-order chi connectivity index (χ0) is 12.1. The molecule has 0 aliphatic rings. The monoisotopic (exact) mass is 226 g/mol. The van der Waals surface area contributed by atoms with Crippen LogP contribution in [0.3, 0.4) is 0 Å². The maximum absolute atomic E-state index is 13.7. The molecular weight excluding hydrogens is 207 g/mol. The Bertz CT molecular complexity index is 342. The van der Waals surface area contributed by atoms with Crippen molar-refractivity contribution in [3.05, 3.63) is 29.6 Å². The summed E-state index contributed by atoms with van der Waals surface area (Å²) in [5, 5.41) is 8.93. The molecule has 3 N–H and O–H groups in total. The Hall–Kier alpha value is -1.13. The molecule has 0 amide bonds. The summed E-state index contributed by atoms with van der Waals surface area (Å²) in [5.74, 6) is -0.355. The van der Waals surface area contributed by atoms with E-state index in [1.54, 1.807) is 18.2 Å². The van der Waals surface area contributed by atoms with E-state index in [0.29, 0.717) is 18.7 Å². The summed E-state index contributed by atoms with van der Waals surface area (Å²) in [5.41, 5.74) is 6.25. The summed E-state index contributed by atoms with van der Waals surface area (Å²) in [6.07, 6.45) is 0. The molecule has 0 unspecified atom stereocenters. The van der Waals surface area contributed by atoms with Crippen molar-refractivity contribution in [2.24, 2.45) is 0 Å². The highest BCUT2D eigenvalue weighted by molar-refractivity contribution is 5.42. The smallest absolute Gasteiger partial charge is 0.150 e. The van der Waals surface area contributed by atoms with Gasteiger partial charge in [0.15, 0.2) is 5.82 Å². The highest BCUT2D eigenvalue weighted by Gasteiger charge is 2.13. The number of nitrogens with two attached hydrogens (primary N) is 1. The van der Waals surface area contributed by atoms with Gasteiger partial charge in [0, 0.05) is 24.7 Å². The second-order valence-corrected chi connectivity index (χ2v) is 4.11. The van der Waals surface area contributed by atoms with Gasteiger partial charge in [0.25, 0.3) is 0 Å². The fourth-order valence-electron chi connectivity index (χ4n) is 1.59. The molecule has 1 rings (SSSR count). The molecule has 0 bridgehead atoms. The first kappa shape index (κ1) is 12.9. The topological polar surface area (TPSA) is 49.5 Å². The molecule has 0 radical (unpaired) electrons. The van der Waals surface area contributed by atoms with E-state index in [0.717, 1.165) is 0 Å². The first-order chi connectivity index (χ1) is 7.56. The third-order valence-electron chi connectivity index (χ3n) is 2.60. The SMILES string of the molecule is CC(C)N(CCO)Cc1cccc(N)c1F. The normalized spacial score (nSPS) is 11.4. The van der Waals surface area contributed by atoms with Crippen LogP contribution in [-0.4, -0.2) is 29.2 Å². The van der Waals surface area contributed by atoms with E-state index in [-0.39, 0.29) is 24.2 Å². The lowest BCUT2D eigenvalue weighted by Gasteiger charge is -2.25. The number of nitrogens with zero attached hydrogens (tertiary/aromatic N) is 1. The molecule has 0 atom stereocenters. The van der Waals surface area contributed by atoms with Gasteiger partial charge in [-0.1, -0.05) is 12.1 Å². The van der Waals surface area contributed by atoms with Crippen molar-refractivity contribution in [3.63, 3.8) is 0 Å². The average molecular weight is 226 g/mol. The van der Waals surface area contributed by atoms with Gasteiger partial charge in [0.05, 0.1) is 12.3 Å². The molecule has 4 heteroatoms. The largest absolute Gasteiger partial charge is 0.396 e. The Balaban J connectivity index is 2.81. The Morgan fingerprint density at radius 3 is 2.69 bits per heavy atom. The van der Waals surface area contributed by atoms with Gasteiger partial charge in [-0.05, 0) is 19.9 Å². The van der Waals surface area contributed by atoms with E-state index in [1.807, 2.05) is 18.7 Å². The van der Waals surface area contributed by atoms with Crippen LogP contribution in [0.4, 0.5) is 10.1 Å². The second kappa shape index (κ2) is 5.82. The van der Waals surface area contributed by atoms with Crippen LogP contribution in [0.25, 0.3) is 0 Å². The summed E-state index contributed by atoms with van der Waals surface area (Å²) in [7, 11) is 0. The van der Waals surface area contributed by atoms with Gasteiger partial charge in [-0.2, -0.15) is 0 Å². The number of anilines is 1. The van der Waals surface area contributed by atoms with E-state index in [9.17, 15) is 4.39 Å². The zero-order valence-corrected chi connectivity index (χ0v) is 9.78. The number of halogens is 1. The zero-order valence-electron chi connectivity index (χ0n) is 9.78. The van der Waals surface area contributed by atoms with Crippen molar-refractivity contribution in [3.8, 4) is 0 Å². The van der Waals surface area contributed by atoms with Gasteiger partial charge in [0.2, 0.25) is 0 Å². The Morgan fingerprint density at radius 1 is 1.44 bits per heavy atom. The summed E-state index contributed by atoms with van der Waals surface area (Å²) < 4.78 is 13.7. The van der Waals surface area contributed by atoms with Crippen LogP contribution in [0, 0.1) is 5.82 Å². The fourth-order valence-corrected chi connectivity index (χ4v) is 1.59. The summed E-state index contributed by atoms with van der Waals surface area (Å²) in [6.45, 7) is 5.10. The molecule has 3 nitrogen and oxygen atoms in total. The highest BCUT2D eigenvalue weighted by atomic mass is 19.1. The van der Waals surface area contributed by atoms with Crippen LogP contribution < -0.4 is 5.73 Å². The minimum Gasteiger partial charge on any atom is -0.396 e. The lowest BCUT2D eigenvalue weighted by atomic mass is 10.1. The van der Waals surface area contributed by atoms with Gasteiger partial charge >= 0.3 is 0 Å². The maximum atomic E-state index is 13.7.